The maximum Gasteiger partial charge on any atom is 0.251 e. The van der Waals surface area contributed by atoms with Crippen molar-refractivity contribution in [3.8, 4) is 0 Å². The monoisotopic (exact) mass is 374 g/mol. The minimum absolute atomic E-state index is 0.0644. The van der Waals surface area contributed by atoms with Gasteiger partial charge in [-0.15, -0.1) is 0 Å². The van der Waals surface area contributed by atoms with Crippen LogP contribution in [0, 0.1) is 0 Å². The van der Waals surface area contributed by atoms with Gasteiger partial charge in [0.05, 0.1) is 5.70 Å². The van der Waals surface area contributed by atoms with Gasteiger partial charge < -0.3 is 5.32 Å². The Morgan fingerprint density at radius 3 is 2.43 bits per heavy atom. The molecule has 1 atom stereocenters. The van der Waals surface area contributed by atoms with E-state index >= 15 is 0 Å². The van der Waals surface area contributed by atoms with Crippen LogP contribution in [0.1, 0.15) is 31.0 Å². The van der Waals surface area contributed by atoms with Crippen LogP contribution in [0.15, 0.2) is 66.7 Å². The second-order valence-corrected chi connectivity index (χ2v) is 7.01. The molecule has 3 aromatic rings. The van der Waals surface area contributed by atoms with E-state index in [4.69, 9.17) is 0 Å². The Hall–Kier alpha value is -3.48. The topological polar surface area (TPSA) is 75.9 Å². The standard InChI is InChI=1S/C21H22N6O/c1-15(2)22-20(28)14-26-18(16-9-5-3-6-10-16)13-19(17-11-7-4-8-12-17)27-21(26)23-24-25-27/h3-13,15,19H,14H2,1-2H3,(H,22,28). The van der Waals surface area contributed by atoms with Crippen molar-refractivity contribution in [3.05, 3.63) is 77.9 Å². The zero-order valence-electron chi connectivity index (χ0n) is 15.9. The summed E-state index contributed by atoms with van der Waals surface area (Å²) < 4.78 is 1.75. The summed E-state index contributed by atoms with van der Waals surface area (Å²) in [7, 11) is 0. The number of amides is 1. The van der Waals surface area contributed by atoms with Gasteiger partial charge in [-0.05, 0) is 41.5 Å². The van der Waals surface area contributed by atoms with Crippen LogP contribution >= 0.6 is 0 Å². The zero-order valence-corrected chi connectivity index (χ0v) is 15.9. The Balaban J connectivity index is 1.80. The lowest BCUT2D eigenvalue weighted by molar-refractivity contribution is -0.120. The average molecular weight is 374 g/mol. The van der Waals surface area contributed by atoms with Gasteiger partial charge in [-0.3, -0.25) is 9.69 Å². The molecule has 1 aliphatic rings. The predicted molar refractivity (Wildman–Crippen MR) is 107 cm³/mol. The highest BCUT2D eigenvalue weighted by atomic mass is 16.2. The number of hydrogen-bond acceptors (Lipinski definition) is 5. The first-order valence-corrected chi connectivity index (χ1v) is 9.30. The summed E-state index contributed by atoms with van der Waals surface area (Å²) in [4.78, 5) is 14.4. The lowest BCUT2D eigenvalue weighted by Crippen LogP contribution is -2.42. The maximum atomic E-state index is 12.5. The first-order chi connectivity index (χ1) is 13.6. The molecule has 1 aliphatic heterocycles. The van der Waals surface area contributed by atoms with Crippen LogP contribution in [0.4, 0.5) is 5.95 Å². The fourth-order valence-electron chi connectivity index (χ4n) is 3.38. The summed E-state index contributed by atoms with van der Waals surface area (Å²) in [5.41, 5.74) is 3.00. The van der Waals surface area contributed by atoms with E-state index in [1.165, 1.54) is 0 Å². The molecule has 0 bridgehead atoms. The third-order valence-electron chi connectivity index (χ3n) is 4.55. The Labute approximate surface area is 163 Å². The van der Waals surface area contributed by atoms with E-state index in [9.17, 15) is 4.79 Å². The maximum absolute atomic E-state index is 12.5. The number of allylic oxidation sites excluding steroid dienone is 1. The van der Waals surface area contributed by atoms with E-state index in [0.29, 0.717) is 5.95 Å². The van der Waals surface area contributed by atoms with E-state index in [1.54, 1.807) is 4.68 Å². The molecular formula is C21H22N6O. The van der Waals surface area contributed by atoms with Crippen LogP contribution in [0.2, 0.25) is 0 Å². The Kier molecular flexibility index (Phi) is 4.89. The Morgan fingerprint density at radius 1 is 1.07 bits per heavy atom. The summed E-state index contributed by atoms with van der Waals surface area (Å²) in [6.45, 7) is 4.02. The molecule has 2 aromatic carbocycles. The second kappa shape index (κ2) is 7.64. The molecule has 1 unspecified atom stereocenters. The molecule has 1 amide bonds. The van der Waals surface area contributed by atoms with E-state index in [1.807, 2.05) is 67.3 Å². The lowest BCUT2D eigenvalue weighted by atomic mass is 10.0. The number of aromatic nitrogens is 4. The molecule has 0 spiro atoms. The number of benzene rings is 2. The van der Waals surface area contributed by atoms with Gasteiger partial charge in [0.1, 0.15) is 12.6 Å². The van der Waals surface area contributed by atoms with E-state index in [0.717, 1.165) is 16.8 Å². The number of tetrazole rings is 1. The molecule has 0 saturated heterocycles. The number of carbonyl (C=O) groups excluding carboxylic acids is 1. The van der Waals surface area contributed by atoms with Gasteiger partial charge in [0.15, 0.2) is 0 Å². The highest BCUT2D eigenvalue weighted by Gasteiger charge is 2.31. The molecule has 7 heteroatoms. The van der Waals surface area contributed by atoms with Crippen molar-refractivity contribution in [3.63, 3.8) is 0 Å². The quantitative estimate of drug-likeness (QED) is 0.743. The fraction of sp³-hybridized carbons (Fsp3) is 0.238. The largest absolute Gasteiger partial charge is 0.352 e. The molecule has 7 nitrogen and oxygen atoms in total. The average Bonchev–Trinajstić information content (AvgIpc) is 3.19. The third-order valence-corrected chi connectivity index (χ3v) is 4.55. The Bertz CT molecular complexity index is 980. The number of carbonyl (C=O) groups is 1. The second-order valence-electron chi connectivity index (χ2n) is 7.01. The summed E-state index contributed by atoms with van der Waals surface area (Å²) in [5.74, 6) is 0.471. The first kappa shape index (κ1) is 17.9. The van der Waals surface area contributed by atoms with Crippen LogP contribution < -0.4 is 10.2 Å². The van der Waals surface area contributed by atoms with Gasteiger partial charge in [0.25, 0.3) is 5.95 Å². The zero-order chi connectivity index (χ0) is 19.5. The van der Waals surface area contributed by atoms with Crippen molar-refractivity contribution >= 4 is 17.6 Å². The minimum atomic E-state index is -0.147. The van der Waals surface area contributed by atoms with Gasteiger partial charge >= 0.3 is 0 Å². The van der Waals surface area contributed by atoms with Gasteiger partial charge in [-0.2, -0.15) is 4.68 Å². The van der Waals surface area contributed by atoms with Crippen molar-refractivity contribution in [2.75, 3.05) is 11.4 Å². The summed E-state index contributed by atoms with van der Waals surface area (Å²) in [5, 5.41) is 15.3. The van der Waals surface area contributed by atoms with Crippen molar-refractivity contribution in [1.29, 1.82) is 0 Å². The highest BCUT2D eigenvalue weighted by molar-refractivity contribution is 5.89. The summed E-state index contributed by atoms with van der Waals surface area (Å²) in [6.07, 6.45) is 2.11. The summed E-state index contributed by atoms with van der Waals surface area (Å²) >= 11 is 0. The van der Waals surface area contributed by atoms with Crippen LogP contribution in [-0.4, -0.2) is 38.7 Å². The van der Waals surface area contributed by atoms with Gasteiger partial charge in [-0.25, -0.2) is 0 Å². The molecule has 142 valence electrons. The van der Waals surface area contributed by atoms with Crippen LogP contribution in [0.3, 0.4) is 0 Å². The van der Waals surface area contributed by atoms with Crippen molar-refractivity contribution in [2.45, 2.75) is 25.9 Å². The molecule has 0 fully saturated rings. The molecule has 2 heterocycles. The molecule has 1 N–H and O–H groups in total. The van der Waals surface area contributed by atoms with E-state index < -0.39 is 0 Å². The molecule has 28 heavy (non-hydrogen) atoms. The van der Waals surface area contributed by atoms with E-state index in [2.05, 4.69) is 39.1 Å². The van der Waals surface area contributed by atoms with Crippen LogP contribution in [0.5, 0.6) is 0 Å². The molecule has 4 rings (SSSR count). The van der Waals surface area contributed by atoms with Crippen LogP contribution in [-0.2, 0) is 4.79 Å². The SMILES string of the molecule is CC(C)NC(=O)CN1C(c2ccccc2)=CC(c2ccccc2)n2nnnc21. The van der Waals surface area contributed by atoms with E-state index in [-0.39, 0.29) is 24.5 Å². The lowest BCUT2D eigenvalue weighted by Gasteiger charge is -2.32. The van der Waals surface area contributed by atoms with Crippen LogP contribution in [0.25, 0.3) is 5.70 Å². The molecular weight excluding hydrogens is 352 g/mol. The van der Waals surface area contributed by atoms with Crippen molar-refractivity contribution in [1.82, 2.24) is 25.5 Å². The number of fused-ring (bicyclic) bond motifs is 1. The molecule has 1 aromatic heterocycles. The first-order valence-electron chi connectivity index (χ1n) is 9.30. The normalized spacial score (nSPS) is 15.9. The number of nitrogens with one attached hydrogen (secondary N) is 1. The number of nitrogens with zero attached hydrogens (tertiary/aromatic N) is 5. The molecule has 0 radical (unpaired) electrons. The third kappa shape index (κ3) is 3.51. The van der Waals surface area contributed by atoms with Crippen molar-refractivity contribution in [2.24, 2.45) is 0 Å². The molecule has 0 aliphatic carbocycles. The number of rotatable bonds is 5. The minimum Gasteiger partial charge on any atom is -0.352 e. The summed E-state index contributed by atoms with van der Waals surface area (Å²) in [6, 6.07) is 20.0. The number of hydrogen-bond donors (Lipinski definition) is 1. The van der Waals surface area contributed by atoms with Gasteiger partial charge in [-0.1, -0.05) is 65.8 Å². The predicted octanol–water partition coefficient (Wildman–Crippen LogP) is 2.65. The fourth-order valence-corrected chi connectivity index (χ4v) is 3.38. The van der Waals surface area contributed by atoms with Gasteiger partial charge in [0, 0.05) is 6.04 Å². The molecule has 0 saturated carbocycles. The van der Waals surface area contributed by atoms with Crippen molar-refractivity contribution < 1.29 is 4.79 Å². The Morgan fingerprint density at radius 2 is 1.75 bits per heavy atom. The highest BCUT2D eigenvalue weighted by Crippen LogP contribution is 2.35. The smallest absolute Gasteiger partial charge is 0.251 e. The number of anilines is 1. The van der Waals surface area contributed by atoms with Gasteiger partial charge in [0.2, 0.25) is 5.91 Å².